The van der Waals surface area contributed by atoms with Crippen LogP contribution in [0.15, 0.2) is 53.1 Å². The van der Waals surface area contributed by atoms with Gasteiger partial charge in [0.2, 0.25) is 0 Å². The van der Waals surface area contributed by atoms with Crippen LogP contribution >= 0.6 is 0 Å². The Morgan fingerprint density at radius 2 is 1.91 bits per heavy atom. The summed E-state index contributed by atoms with van der Waals surface area (Å²) in [6.07, 6.45) is 0. The smallest absolute Gasteiger partial charge is 0.277 e. The molecule has 0 saturated heterocycles. The average Bonchev–Trinajstić information content (AvgIpc) is 3.01. The lowest BCUT2D eigenvalue weighted by atomic mass is 10.1. The second-order valence-electron chi connectivity index (χ2n) is 5.37. The van der Waals surface area contributed by atoms with Gasteiger partial charge in [-0.2, -0.15) is 0 Å². The normalized spacial score (nSPS) is 10.5. The summed E-state index contributed by atoms with van der Waals surface area (Å²) in [7, 11) is 0. The predicted molar refractivity (Wildman–Crippen MR) is 87.5 cm³/mol. The van der Waals surface area contributed by atoms with Crippen LogP contribution in [0.25, 0.3) is 11.3 Å². The van der Waals surface area contributed by atoms with Gasteiger partial charge in [-0.05, 0) is 43.2 Å². The third kappa shape index (κ3) is 3.08. The molecule has 23 heavy (non-hydrogen) atoms. The number of hydrogen-bond acceptors (Lipinski definition) is 4. The van der Waals surface area contributed by atoms with Crippen molar-refractivity contribution in [2.24, 2.45) is 0 Å². The van der Waals surface area contributed by atoms with Gasteiger partial charge in [0.15, 0.2) is 11.5 Å². The topological polar surface area (TPSA) is 75.4 Å². The van der Waals surface area contributed by atoms with Crippen molar-refractivity contribution in [3.8, 4) is 17.1 Å². The maximum Gasteiger partial charge on any atom is 0.277 e. The predicted octanol–water partition coefficient (Wildman–Crippen LogP) is 3.92. The molecule has 0 aliphatic heterocycles. The zero-order chi connectivity index (χ0) is 16.4. The molecular formula is C18H16N2O3. The summed E-state index contributed by atoms with van der Waals surface area (Å²) in [5.41, 5.74) is 3.41. The quantitative estimate of drug-likeness (QED) is 0.769. The van der Waals surface area contributed by atoms with Crippen LogP contribution in [0.1, 0.15) is 21.6 Å². The molecule has 0 saturated carbocycles. The molecule has 1 heterocycles. The van der Waals surface area contributed by atoms with E-state index in [1.54, 1.807) is 24.3 Å². The fraction of sp³-hybridized carbons (Fsp3) is 0.111. The van der Waals surface area contributed by atoms with E-state index in [2.05, 4.69) is 10.5 Å². The molecule has 0 bridgehead atoms. The van der Waals surface area contributed by atoms with Gasteiger partial charge in [-0.15, -0.1) is 0 Å². The van der Waals surface area contributed by atoms with E-state index in [4.69, 9.17) is 4.52 Å². The Labute approximate surface area is 133 Å². The van der Waals surface area contributed by atoms with Crippen molar-refractivity contribution in [1.29, 1.82) is 0 Å². The molecule has 0 radical (unpaired) electrons. The summed E-state index contributed by atoms with van der Waals surface area (Å²) < 4.78 is 5.17. The Kier molecular flexibility index (Phi) is 3.85. The minimum absolute atomic E-state index is 0.0742. The summed E-state index contributed by atoms with van der Waals surface area (Å²) >= 11 is 0. The van der Waals surface area contributed by atoms with Gasteiger partial charge in [0.25, 0.3) is 5.91 Å². The van der Waals surface area contributed by atoms with Crippen LogP contribution in [0.4, 0.5) is 5.69 Å². The number of anilines is 1. The minimum atomic E-state index is -0.357. The summed E-state index contributed by atoms with van der Waals surface area (Å²) in [6.45, 7) is 3.88. The first kappa shape index (κ1) is 14.8. The van der Waals surface area contributed by atoms with Crippen LogP contribution in [0.2, 0.25) is 0 Å². The Bertz CT molecular complexity index is 868. The zero-order valence-corrected chi connectivity index (χ0v) is 12.8. The van der Waals surface area contributed by atoms with Crippen LogP contribution < -0.4 is 5.32 Å². The fourth-order valence-electron chi connectivity index (χ4n) is 2.25. The number of phenolic OH excluding ortho intramolecular Hbond substituents is 1. The maximum atomic E-state index is 12.3. The molecule has 5 heteroatoms. The number of aromatic hydroxyl groups is 1. The van der Waals surface area contributed by atoms with Crippen LogP contribution in [0, 0.1) is 13.8 Å². The number of rotatable bonds is 3. The van der Waals surface area contributed by atoms with E-state index in [1.165, 1.54) is 6.07 Å². The first-order valence-corrected chi connectivity index (χ1v) is 7.18. The number of nitrogens with one attached hydrogen (secondary N) is 1. The van der Waals surface area contributed by atoms with Crippen LogP contribution in [-0.2, 0) is 0 Å². The Morgan fingerprint density at radius 1 is 1.13 bits per heavy atom. The molecule has 5 nitrogen and oxygen atoms in total. The van der Waals surface area contributed by atoms with Gasteiger partial charge in [0, 0.05) is 11.8 Å². The number of benzene rings is 2. The summed E-state index contributed by atoms with van der Waals surface area (Å²) in [5.74, 6) is 0.0588. The van der Waals surface area contributed by atoms with Gasteiger partial charge < -0.3 is 14.9 Å². The third-order valence-corrected chi connectivity index (χ3v) is 3.55. The largest absolute Gasteiger partial charge is 0.507 e. The fourth-order valence-corrected chi connectivity index (χ4v) is 2.25. The first-order valence-electron chi connectivity index (χ1n) is 7.18. The van der Waals surface area contributed by atoms with Crippen molar-refractivity contribution >= 4 is 11.6 Å². The first-order chi connectivity index (χ1) is 11.0. The van der Waals surface area contributed by atoms with Gasteiger partial charge in [0.05, 0.1) is 5.56 Å². The van der Waals surface area contributed by atoms with Gasteiger partial charge >= 0.3 is 0 Å². The number of hydrogen-bond donors (Lipinski definition) is 2. The number of aromatic nitrogens is 1. The standard InChI is InChI=1S/C18H16N2O3/c1-11-7-8-12(2)14(9-11)19-18(22)15-10-17(23-20-15)13-5-3-4-6-16(13)21/h3-10,21H,1-2H3,(H,19,22). The number of carbonyl (C=O) groups excluding carboxylic acids is 1. The highest BCUT2D eigenvalue weighted by atomic mass is 16.5. The second-order valence-corrected chi connectivity index (χ2v) is 5.37. The van der Waals surface area contributed by atoms with Crippen molar-refractivity contribution in [3.05, 3.63) is 65.4 Å². The molecule has 0 spiro atoms. The SMILES string of the molecule is Cc1ccc(C)c(NC(=O)c2cc(-c3ccccc3O)on2)c1. The highest BCUT2D eigenvalue weighted by Crippen LogP contribution is 2.29. The highest BCUT2D eigenvalue weighted by Gasteiger charge is 2.16. The van der Waals surface area contributed by atoms with Crippen molar-refractivity contribution in [2.75, 3.05) is 5.32 Å². The Balaban J connectivity index is 1.84. The monoisotopic (exact) mass is 308 g/mol. The third-order valence-electron chi connectivity index (χ3n) is 3.55. The van der Waals surface area contributed by atoms with E-state index in [1.807, 2.05) is 32.0 Å². The molecule has 1 amide bonds. The molecule has 0 aliphatic carbocycles. The number of phenols is 1. The van der Waals surface area contributed by atoms with Crippen molar-refractivity contribution < 1.29 is 14.4 Å². The molecule has 0 atom stereocenters. The van der Waals surface area contributed by atoms with Crippen LogP contribution in [0.5, 0.6) is 5.75 Å². The number of carbonyl (C=O) groups is 1. The molecule has 0 fully saturated rings. The molecule has 2 N–H and O–H groups in total. The number of para-hydroxylation sites is 1. The second kappa shape index (κ2) is 5.96. The highest BCUT2D eigenvalue weighted by molar-refractivity contribution is 6.03. The summed E-state index contributed by atoms with van der Waals surface area (Å²) in [6, 6.07) is 14.1. The molecule has 116 valence electrons. The van der Waals surface area contributed by atoms with Crippen molar-refractivity contribution in [3.63, 3.8) is 0 Å². The minimum Gasteiger partial charge on any atom is -0.507 e. The lowest BCUT2D eigenvalue weighted by Crippen LogP contribution is -2.13. The van der Waals surface area contributed by atoms with E-state index in [0.29, 0.717) is 11.3 Å². The lowest BCUT2D eigenvalue weighted by Gasteiger charge is -2.07. The molecular weight excluding hydrogens is 292 g/mol. The molecule has 1 aromatic heterocycles. The maximum absolute atomic E-state index is 12.3. The zero-order valence-electron chi connectivity index (χ0n) is 12.8. The van der Waals surface area contributed by atoms with Crippen LogP contribution in [0.3, 0.4) is 0 Å². The number of aryl methyl sites for hydroxylation is 2. The van der Waals surface area contributed by atoms with Gasteiger partial charge in [-0.1, -0.05) is 29.4 Å². The molecule has 0 unspecified atom stereocenters. The number of nitrogens with zero attached hydrogens (tertiary/aromatic N) is 1. The van der Waals surface area contributed by atoms with Crippen LogP contribution in [-0.4, -0.2) is 16.2 Å². The molecule has 0 aliphatic rings. The summed E-state index contributed by atoms with van der Waals surface area (Å²) in [4.78, 5) is 12.3. The molecule has 2 aromatic carbocycles. The number of amides is 1. The molecule has 3 aromatic rings. The van der Waals surface area contributed by atoms with E-state index < -0.39 is 0 Å². The lowest BCUT2D eigenvalue weighted by molar-refractivity contribution is 0.101. The molecule has 3 rings (SSSR count). The van der Waals surface area contributed by atoms with Gasteiger partial charge in [-0.25, -0.2) is 0 Å². The summed E-state index contributed by atoms with van der Waals surface area (Å²) in [5, 5.41) is 16.4. The van der Waals surface area contributed by atoms with E-state index in [-0.39, 0.29) is 17.4 Å². The van der Waals surface area contributed by atoms with Crippen molar-refractivity contribution in [2.45, 2.75) is 13.8 Å². The van der Waals surface area contributed by atoms with Crippen molar-refractivity contribution in [1.82, 2.24) is 5.16 Å². The average molecular weight is 308 g/mol. The Hall–Kier alpha value is -3.08. The van der Waals surface area contributed by atoms with E-state index >= 15 is 0 Å². The van der Waals surface area contributed by atoms with E-state index in [9.17, 15) is 9.90 Å². The van der Waals surface area contributed by atoms with E-state index in [0.717, 1.165) is 16.8 Å². The van der Waals surface area contributed by atoms with Gasteiger partial charge in [-0.3, -0.25) is 4.79 Å². The Morgan fingerprint density at radius 3 is 2.70 bits per heavy atom. The van der Waals surface area contributed by atoms with Gasteiger partial charge in [0.1, 0.15) is 5.75 Å².